The van der Waals surface area contributed by atoms with Crippen molar-refractivity contribution in [2.24, 2.45) is 18.2 Å². The van der Waals surface area contributed by atoms with Crippen molar-refractivity contribution in [3.63, 3.8) is 0 Å². The molecule has 1 aromatic heterocycles. The minimum absolute atomic E-state index is 0.0379. The van der Waals surface area contributed by atoms with E-state index in [0.717, 1.165) is 11.3 Å². The first-order valence-corrected chi connectivity index (χ1v) is 10.8. The number of benzene rings is 1. The maximum atomic E-state index is 13.9. The number of aromatic nitrogens is 2. The summed E-state index contributed by atoms with van der Waals surface area (Å²) in [4.78, 5) is 27.0. The Morgan fingerprint density at radius 2 is 1.85 bits per heavy atom. The molecule has 0 spiro atoms. The van der Waals surface area contributed by atoms with E-state index in [1.807, 2.05) is 0 Å². The van der Waals surface area contributed by atoms with Gasteiger partial charge in [0.15, 0.2) is 0 Å². The van der Waals surface area contributed by atoms with Crippen LogP contribution >= 0.6 is 0 Å². The predicted octanol–water partition coefficient (Wildman–Crippen LogP) is 1.84. The smallest absolute Gasteiger partial charge is 0.262 e. The molecule has 0 aliphatic carbocycles. The number of nitrogens with two attached hydrogens (primary N) is 1. The molecule has 4 N–H and O–H groups in total. The van der Waals surface area contributed by atoms with E-state index < -0.39 is 47.9 Å². The molecule has 0 unspecified atom stereocenters. The topological polar surface area (TPSA) is 113 Å². The molecular formula is C23H31F2N5O3. The lowest BCUT2D eigenvalue weighted by Crippen LogP contribution is -2.55. The maximum Gasteiger partial charge on any atom is 0.262 e. The third kappa shape index (κ3) is 5.39. The van der Waals surface area contributed by atoms with E-state index in [1.54, 1.807) is 56.9 Å². The van der Waals surface area contributed by atoms with Crippen LogP contribution in [-0.4, -0.2) is 62.8 Å². The third-order valence-electron chi connectivity index (χ3n) is 6.00. The molecule has 8 nitrogen and oxygen atoms in total. The van der Waals surface area contributed by atoms with E-state index in [0.29, 0.717) is 0 Å². The van der Waals surface area contributed by atoms with Crippen molar-refractivity contribution in [3.8, 4) is 11.3 Å². The van der Waals surface area contributed by atoms with Gasteiger partial charge in [0.2, 0.25) is 11.8 Å². The second-order valence-corrected chi connectivity index (χ2v) is 9.52. The van der Waals surface area contributed by atoms with Gasteiger partial charge in [0, 0.05) is 26.2 Å². The standard InChI is InChI=1S/C23H31F2N5O3/c1-23(2,3)19(26)22(33)30-12-15(31)11-17(30)21(32)28-18(20(24)25)14-7-5-13(6-8-14)16-9-10-27-29(16)4/h5-10,15,17-20,31H,11-12,26H2,1-4H3,(H,28,32)/t15-,17+,18-,19-/m1/s1. The van der Waals surface area contributed by atoms with Gasteiger partial charge in [-0.05, 0) is 22.6 Å². The van der Waals surface area contributed by atoms with Crippen molar-refractivity contribution in [1.82, 2.24) is 20.0 Å². The van der Waals surface area contributed by atoms with Crippen LogP contribution in [0.2, 0.25) is 0 Å². The van der Waals surface area contributed by atoms with Crippen LogP contribution in [0.25, 0.3) is 11.3 Å². The van der Waals surface area contributed by atoms with Crippen LogP contribution in [0.15, 0.2) is 36.5 Å². The van der Waals surface area contributed by atoms with Crippen LogP contribution in [0.5, 0.6) is 0 Å². The lowest BCUT2D eigenvalue weighted by Gasteiger charge is -2.33. The molecule has 2 aromatic rings. The summed E-state index contributed by atoms with van der Waals surface area (Å²) < 4.78 is 29.5. The van der Waals surface area contributed by atoms with Gasteiger partial charge in [0.05, 0.1) is 17.8 Å². The number of carbonyl (C=O) groups is 2. The molecule has 4 atom stereocenters. The number of β-amino-alcohol motifs (C(OH)–C–C–N with tert-alkyl or cyclic N) is 1. The Hall–Kier alpha value is -2.85. The van der Waals surface area contributed by atoms with Crippen LogP contribution in [0, 0.1) is 5.41 Å². The summed E-state index contributed by atoms with van der Waals surface area (Å²) in [6, 6.07) is 4.70. The van der Waals surface area contributed by atoms with Gasteiger partial charge in [-0.2, -0.15) is 5.10 Å². The third-order valence-corrected chi connectivity index (χ3v) is 6.00. The van der Waals surface area contributed by atoms with Gasteiger partial charge in [-0.15, -0.1) is 0 Å². The number of nitrogens with one attached hydrogen (secondary N) is 1. The monoisotopic (exact) mass is 463 g/mol. The van der Waals surface area contributed by atoms with Crippen LogP contribution in [-0.2, 0) is 16.6 Å². The fraction of sp³-hybridized carbons (Fsp3) is 0.522. The van der Waals surface area contributed by atoms with E-state index >= 15 is 0 Å². The largest absolute Gasteiger partial charge is 0.391 e. The number of nitrogens with zero attached hydrogens (tertiary/aromatic N) is 3. The molecule has 0 bridgehead atoms. The zero-order valence-corrected chi connectivity index (χ0v) is 19.2. The first-order chi connectivity index (χ1) is 15.4. The van der Waals surface area contributed by atoms with Gasteiger partial charge < -0.3 is 21.1 Å². The Labute approximate surface area is 191 Å². The van der Waals surface area contributed by atoms with Crippen LogP contribution in [0.4, 0.5) is 8.78 Å². The van der Waals surface area contributed by atoms with Crippen molar-refractivity contribution in [2.75, 3.05) is 6.54 Å². The molecule has 1 fully saturated rings. The number of likely N-dealkylation sites (tertiary alicyclic amines) is 1. The second kappa shape index (κ2) is 9.56. The zero-order chi connectivity index (χ0) is 24.5. The Kier molecular flexibility index (Phi) is 7.18. The number of aliphatic hydroxyl groups is 1. The summed E-state index contributed by atoms with van der Waals surface area (Å²) in [6.07, 6.45) is -2.20. The van der Waals surface area contributed by atoms with Gasteiger partial charge in [-0.1, -0.05) is 45.0 Å². The second-order valence-electron chi connectivity index (χ2n) is 9.52. The van der Waals surface area contributed by atoms with Gasteiger partial charge in [0.25, 0.3) is 6.43 Å². The summed E-state index contributed by atoms with van der Waals surface area (Å²) in [6.45, 7) is 5.30. The van der Waals surface area contributed by atoms with Crippen molar-refractivity contribution in [3.05, 3.63) is 42.1 Å². The highest BCUT2D eigenvalue weighted by atomic mass is 19.3. The number of hydrogen-bond donors (Lipinski definition) is 3. The molecule has 180 valence electrons. The van der Waals surface area contributed by atoms with Crippen molar-refractivity contribution in [1.29, 1.82) is 0 Å². The fourth-order valence-electron chi connectivity index (χ4n) is 3.91. The molecule has 2 heterocycles. The zero-order valence-electron chi connectivity index (χ0n) is 19.2. The van der Waals surface area contributed by atoms with E-state index in [-0.39, 0.29) is 18.5 Å². The number of alkyl halides is 2. The molecule has 0 radical (unpaired) electrons. The highest BCUT2D eigenvalue weighted by Gasteiger charge is 2.43. The number of halogens is 2. The Morgan fingerprint density at radius 1 is 1.21 bits per heavy atom. The lowest BCUT2D eigenvalue weighted by atomic mass is 9.86. The highest BCUT2D eigenvalue weighted by molar-refractivity contribution is 5.91. The quantitative estimate of drug-likeness (QED) is 0.605. The Balaban J connectivity index is 1.78. The first kappa shape index (κ1) is 24.8. The summed E-state index contributed by atoms with van der Waals surface area (Å²) in [7, 11) is 1.78. The van der Waals surface area contributed by atoms with Crippen molar-refractivity contribution < 1.29 is 23.5 Å². The van der Waals surface area contributed by atoms with E-state index in [1.165, 1.54) is 17.0 Å². The molecule has 3 rings (SSSR count). The summed E-state index contributed by atoms with van der Waals surface area (Å²) in [5.41, 5.74) is 7.34. The fourth-order valence-corrected chi connectivity index (χ4v) is 3.91. The molecule has 1 aliphatic heterocycles. The SMILES string of the molecule is Cn1nccc1-c1ccc([C@@H](NC(=O)[C@@H]2C[C@@H](O)CN2C(=O)[C@@H](N)C(C)(C)C)C(F)F)cc1. The predicted molar refractivity (Wildman–Crippen MR) is 119 cm³/mol. The number of hydrogen-bond acceptors (Lipinski definition) is 5. The Bertz CT molecular complexity index is 987. The number of carbonyl (C=O) groups excluding carboxylic acids is 2. The number of rotatable bonds is 6. The van der Waals surface area contributed by atoms with Crippen LogP contribution in [0.3, 0.4) is 0 Å². The molecule has 1 aromatic carbocycles. The minimum Gasteiger partial charge on any atom is -0.391 e. The van der Waals surface area contributed by atoms with Crippen LogP contribution < -0.4 is 11.1 Å². The average molecular weight is 464 g/mol. The Morgan fingerprint density at radius 3 is 2.36 bits per heavy atom. The number of aryl methyl sites for hydroxylation is 1. The first-order valence-electron chi connectivity index (χ1n) is 10.8. The lowest BCUT2D eigenvalue weighted by molar-refractivity contribution is -0.141. The molecule has 2 amide bonds. The normalized spacial score (nSPS) is 20.7. The van der Waals surface area contributed by atoms with Crippen LogP contribution in [0.1, 0.15) is 38.8 Å². The molecule has 10 heteroatoms. The summed E-state index contributed by atoms with van der Waals surface area (Å²) in [5.74, 6) is -1.24. The van der Waals surface area contributed by atoms with Crippen molar-refractivity contribution in [2.45, 2.75) is 57.8 Å². The minimum atomic E-state index is -2.87. The summed E-state index contributed by atoms with van der Waals surface area (Å²) in [5, 5.41) is 16.6. The molecule has 1 saturated heterocycles. The molecular weight excluding hydrogens is 432 g/mol. The van der Waals surface area contributed by atoms with E-state index in [2.05, 4.69) is 10.4 Å². The van der Waals surface area contributed by atoms with Gasteiger partial charge in [-0.3, -0.25) is 14.3 Å². The maximum absolute atomic E-state index is 13.9. The molecule has 0 saturated carbocycles. The number of aliphatic hydroxyl groups excluding tert-OH is 1. The van der Waals surface area contributed by atoms with Crippen molar-refractivity contribution >= 4 is 11.8 Å². The van der Waals surface area contributed by atoms with Gasteiger partial charge in [0.1, 0.15) is 12.1 Å². The highest BCUT2D eigenvalue weighted by Crippen LogP contribution is 2.28. The van der Waals surface area contributed by atoms with E-state index in [4.69, 9.17) is 5.73 Å². The van der Waals surface area contributed by atoms with Gasteiger partial charge in [-0.25, -0.2) is 8.78 Å². The summed E-state index contributed by atoms with van der Waals surface area (Å²) >= 11 is 0. The van der Waals surface area contributed by atoms with Gasteiger partial charge >= 0.3 is 0 Å². The van der Waals surface area contributed by atoms with E-state index in [9.17, 15) is 23.5 Å². The molecule has 33 heavy (non-hydrogen) atoms. The molecule has 1 aliphatic rings. The number of amides is 2. The average Bonchev–Trinajstić information content (AvgIpc) is 3.35.